The van der Waals surface area contributed by atoms with E-state index in [-0.39, 0.29) is 35.0 Å². The lowest BCUT2D eigenvalue weighted by molar-refractivity contribution is -0.210. The van der Waals surface area contributed by atoms with E-state index in [1.807, 2.05) is 0 Å². The summed E-state index contributed by atoms with van der Waals surface area (Å²) in [6.45, 7) is -0.288. The van der Waals surface area contributed by atoms with Crippen LogP contribution in [0.15, 0.2) is 97.3 Å². The first-order valence-corrected chi connectivity index (χ1v) is 13.3. The van der Waals surface area contributed by atoms with E-state index in [2.05, 4.69) is 20.3 Å². The molecule has 1 aliphatic rings. The lowest BCUT2D eigenvalue weighted by Gasteiger charge is -2.38. The first-order chi connectivity index (χ1) is 20.9. The second kappa shape index (κ2) is 11.9. The van der Waals surface area contributed by atoms with Gasteiger partial charge in [0.1, 0.15) is 12.2 Å². The van der Waals surface area contributed by atoms with Gasteiger partial charge in [0.2, 0.25) is 11.6 Å². The van der Waals surface area contributed by atoms with Gasteiger partial charge in [0.15, 0.2) is 29.3 Å². The third kappa shape index (κ3) is 5.62. The Morgan fingerprint density at radius 2 is 1.44 bits per heavy atom. The molecular formula is C31H25N5O7. The standard InChI is InChI=1S/C31H25N5O7/c37-21-16-42-30(25(24(21)39)43-31(41)20-14-8-3-9-15-20)36-17-32-22-26(35-29(40)19-12-6-2-7-13-19)33-27(34-28(22)36)23(38)18-10-4-1-5-11-18/h1-15,17,21,24-25,30,37,39H,16H2,(H,33,34,35,40)/t21-,24-,25-,30?/m1/s1. The molecule has 4 atom stereocenters. The first-order valence-electron chi connectivity index (χ1n) is 13.3. The van der Waals surface area contributed by atoms with Crippen LogP contribution in [0.4, 0.5) is 5.82 Å². The number of esters is 1. The molecule has 3 heterocycles. The summed E-state index contributed by atoms with van der Waals surface area (Å²) in [4.78, 5) is 52.6. The van der Waals surface area contributed by atoms with Gasteiger partial charge in [0, 0.05) is 11.1 Å². The molecule has 1 saturated heterocycles. The molecule has 0 radical (unpaired) electrons. The Labute approximate surface area is 244 Å². The average Bonchev–Trinajstić information content (AvgIpc) is 3.48. The fraction of sp³-hybridized carbons (Fsp3) is 0.161. The highest BCUT2D eigenvalue weighted by Gasteiger charge is 2.43. The third-order valence-corrected chi connectivity index (χ3v) is 6.90. The molecule has 0 aliphatic carbocycles. The van der Waals surface area contributed by atoms with Crippen LogP contribution in [-0.2, 0) is 9.47 Å². The summed E-state index contributed by atoms with van der Waals surface area (Å²) in [5.41, 5.74) is 1.08. The van der Waals surface area contributed by atoms with Crippen molar-refractivity contribution >= 4 is 34.6 Å². The van der Waals surface area contributed by atoms with E-state index < -0.39 is 42.2 Å². The van der Waals surface area contributed by atoms with Crippen molar-refractivity contribution in [2.75, 3.05) is 11.9 Å². The number of hydrogen-bond donors (Lipinski definition) is 3. The molecule has 0 spiro atoms. The summed E-state index contributed by atoms with van der Waals surface area (Å²) in [6.07, 6.45) is -4.14. The number of nitrogens with zero attached hydrogens (tertiary/aromatic N) is 4. The van der Waals surface area contributed by atoms with Crippen molar-refractivity contribution in [3.8, 4) is 0 Å². The van der Waals surface area contributed by atoms with Gasteiger partial charge in [-0.05, 0) is 24.3 Å². The first kappa shape index (κ1) is 27.8. The molecule has 1 aliphatic heterocycles. The molecule has 5 aromatic rings. The molecule has 43 heavy (non-hydrogen) atoms. The van der Waals surface area contributed by atoms with Crippen molar-refractivity contribution in [2.24, 2.45) is 0 Å². The Morgan fingerprint density at radius 3 is 2.09 bits per heavy atom. The highest BCUT2D eigenvalue weighted by atomic mass is 16.6. The minimum atomic E-state index is -1.52. The number of aromatic nitrogens is 4. The van der Waals surface area contributed by atoms with Crippen molar-refractivity contribution in [1.29, 1.82) is 0 Å². The third-order valence-electron chi connectivity index (χ3n) is 6.90. The molecule has 3 N–H and O–H groups in total. The van der Waals surface area contributed by atoms with Crippen LogP contribution in [0.25, 0.3) is 11.2 Å². The summed E-state index contributed by atoms with van der Waals surface area (Å²) in [7, 11) is 0. The second-order valence-corrected chi connectivity index (χ2v) is 9.75. The van der Waals surface area contributed by atoms with E-state index in [1.54, 1.807) is 91.0 Å². The molecule has 216 valence electrons. The number of hydrogen-bond acceptors (Lipinski definition) is 10. The van der Waals surface area contributed by atoms with E-state index in [4.69, 9.17) is 9.47 Å². The fourth-order valence-corrected chi connectivity index (χ4v) is 4.69. The van der Waals surface area contributed by atoms with Gasteiger partial charge in [-0.25, -0.2) is 19.7 Å². The van der Waals surface area contributed by atoms with Crippen LogP contribution < -0.4 is 5.32 Å². The van der Waals surface area contributed by atoms with Crippen molar-refractivity contribution in [1.82, 2.24) is 19.5 Å². The predicted octanol–water partition coefficient (Wildman–Crippen LogP) is 2.79. The molecule has 1 amide bonds. The van der Waals surface area contributed by atoms with Crippen LogP contribution >= 0.6 is 0 Å². The zero-order valence-corrected chi connectivity index (χ0v) is 22.5. The summed E-state index contributed by atoms with van der Waals surface area (Å²) < 4.78 is 12.9. The molecule has 6 rings (SSSR count). The molecule has 12 nitrogen and oxygen atoms in total. The van der Waals surface area contributed by atoms with Crippen LogP contribution in [0.1, 0.15) is 43.1 Å². The van der Waals surface area contributed by atoms with E-state index in [0.717, 1.165) is 0 Å². The maximum absolute atomic E-state index is 13.4. The number of imidazole rings is 1. The summed E-state index contributed by atoms with van der Waals surface area (Å²) >= 11 is 0. The average molecular weight is 580 g/mol. The van der Waals surface area contributed by atoms with Crippen LogP contribution in [0.5, 0.6) is 0 Å². The van der Waals surface area contributed by atoms with Crippen LogP contribution in [0.2, 0.25) is 0 Å². The van der Waals surface area contributed by atoms with Gasteiger partial charge in [-0.1, -0.05) is 66.7 Å². The lowest BCUT2D eigenvalue weighted by atomic mass is 10.0. The molecular weight excluding hydrogens is 554 g/mol. The van der Waals surface area contributed by atoms with Gasteiger partial charge >= 0.3 is 5.97 Å². The number of aliphatic hydroxyl groups excluding tert-OH is 2. The minimum Gasteiger partial charge on any atom is -0.451 e. The Bertz CT molecular complexity index is 1780. The number of aliphatic hydroxyl groups is 2. The van der Waals surface area contributed by atoms with Crippen molar-refractivity contribution in [2.45, 2.75) is 24.5 Å². The number of carbonyl (C=O) groups is 3. The van der Waals surface area contributed by atoms with Gasteiger partial charge in [0.25, 0.3) is 5.91 Å². The van der Waals surface area contributed by atoms with Crippen LogP contribution in [0.3, 0.4) is 0 Å². The van der Waals surface area contributed by atoms with Gasteiger partial charge in [-0.3, -0.25) is 14.2 Å². The zero-order valence-electron chi connectivity index (χ0n) is 22.5. The monoisotopic (exact) mass is 579 g/mol. The SMILES string of the molecule is O=C(Nc1nc(C(=O)c2ccccc2)nc2c1ncn2C1OC[C@@H](O)[C@@H](O)[C@H]1OC(=O)c1ccccc1)c1ccccc1. The van der Waals surface area contributed by atoms with Gasteiger partial charge < -0.3 is 25.0 Å². The number of ether oxygens (including phenoxy) is 2. The highest BCUT2D eigenvalue weighted by Crippen LogP contribution is 2.32. The number of nitrogens with one attached hydrogen (secondary N) is 1. The number of rotatable bonds is 7. The van der Waals surface area contributed by atoms with Crippen molar-refractivity contribution in [3.63, 3.8) is 0 Å². The predicted molar refractivity (Wildman–Crippen MR) is 152 cm³/mol. The molecule has 2 aromatic heterocycles. The molecule has 0 bridgehead atoms. The van der Waals surface area contributed by atoms with Gasteiger partial charge in [-0.2, -0.15) is 0 Å². The van der Waals surface area contributed by atoms with E-state index in [0.29, 0.717) is 11.1 Å². The highest BCUT2D eigenvalue weighted by molar-refractivity contribution is 6.10. The number of ketones is 1. The Hall–Kier alpha value is -5.30. The molecule has 1 fully saturated rings. The molecule has 12 heteroatoms. The Morgan fingerprint density at radius 1 is 0.837 bits per heavy atom. The number of carbonyl (C=O) groups excluding carboxylic acids is 3. The van der Waals surface area contributed by atoms with E-state index in [9.17, 15) is 24.6 Å². The topological polar surface area (TPSA) is 166 Å². The van der Waals surface area contributed by atoms with Gasteiger partial charge in [0.05, 0.1) is 18.5 Å². The normalized spacial score (nSPS) is 20.0. The van der Waals surface area contributed by atoms with E-state index in [1.165, 1.54) is 10.9 Å². The zero-order chi connectivity index (χ0) is 29.9. The molecule has 3 aromatic carbocycles. The number of fused-ring (bicyclic) bond motifs is 1. The maximum atomic E-state index is 13.4. The van der Waals surface area contributed by atoms with Crippen molar-refractivity contribution in [3.05, 3.63) is 120 Å². The Kier molecular flexibility index (Phi) is 7.71. The number of anilines is 1. The fourth-order valence-electron chi connectivity index (χ4n) is 4.69. The Balaban J connectivity index is 1.43. The minimum absolute atomic E-state index is 0.0360. The maximum Gasteiger partial charge on any atom is 0.338 e. The molecule has 1 unspecified atom stereocenters. The molecule has 0 saturated carbocycles. The van der Waals surface area contributed by atoms with Gasteiger partial charge in [-0.15, -0.1) is 0 Å². The lowest BCUT2D eigenvalue weighted by Crippen LogP contribution is -2.52. The van der Waals surface area contributed by atoms with Crippen molar-refractivity contribution < 1.29 is 34.1 Å². The summed E-state index contributed by atoms with van der Waals surface area (Å²) in [6, 6.07) is 25.0. The second-order valence-electron chi connectivity index (χ2n) is 9.75. The van der Waals surface area contributed by atoms with Crippen LogP contribution in [-0.4, -0.2) is 72.3 Å². The van der Waals surface area contributed by atoms with E-state index >= 15 is 0 Å². The summed E-state index contributed by atoms with van der Waals surface area (Å²) in [5, 5.41) is 23.9. The largest absolute Gasteiger partial charge is 0.451 e. The smallest absolute Gasteiger partial charge is 0.338 e. The number of benzene rings is 3. The van der Waals surface area contributed by atoms with Crippen LogP contribution in [0, 0.1) is 0 Å². The number of amides is 1. The summed E-state index contributed by atoms with van der Waals surface area (Å²) in [5.74, 6) is -2.03. The quantitative estimate of drug-likeness (QED) is 0.193.